The number of rotatable bonds is 1. The summed E-state index contributed by atoms with van der Waals surface area (Å²) in [4.78, 5) is 23.5. The summed E-state index contributed by atoms with van der Waals surface area (Å²) in [7, 11) is 0. The van der Waals surface area contributed by atoms with Gasteiger partial charge in [-0.25, -0.2) is 4.79 Å². The number of nitrogens with zero attached hydrogens (tertiary/aromatic N) is 1. The number of nitrogens with one attached hydrogen (secondary N) is 1. The average Bonchev–Trinajstić information content (AvgIpc) is 2.49. The first-order valence-corrected chi connectivity index (χ1v) is 4.18. The van der Waals surface area contributed by atoms with Crippen LogP contribution >= 0.6 is 0 Å². The minimum absolute atomic E-state index is 0.126. The van der Waals surface area contributed by atoms with Gasteiger partial charge in [0.1, 0.15) is 12.2 Å². The molecule has 70 valence electrons. The van der Waals surface area contributed by atoms with Crippen LogP contribution in [0.25, 0.3) is 0 Å². The van der Waals surface area contributed by atoms with E-state index in [0.29, 0.717) is 12.8 Å². The van der Waals surface area contributed by atoms with E-state index in [9.17, 15) is 9.59 Å². The molecule has 1 unspecified atom stereocenters. The molecule has 0 bridgehead atoms. The number of amides is 1. The number of carboxylic acids is 1. The molecule has 2 rings (SSSR count). The molecule has 0 aromatic carbocycles. The van der Waals surface area contributed by atoms with Crippen molar-refractivity contribution in [3.63, 3.8) is 0 Å². The molecule has 0 saturated carbocycles. The van der Waals surface area contributed by atoms with E-state index in [0.717, 1.165) is 0 Å². The van der Waals surface area contributed by atoms with Gasteiger partial charge in [-0.2, -0.15) is 0 Å². The lowest BCUT2D eigenvalue weighted by atomic mass is 10.2. The predicted molar refractivity (Wildman–Crippen MR) is 43.6 cm³/mol. The zero-order chi connectivity index (χ0) is 9.42. The molecular weight excluding hydrogens is 172 g/mol. The Hall–Kier alpha value is -1.52. The fourth-order valence-electron chi connectivity index (χ4n) is 1.84. The van der Waals surface area contributed by atoms with Crippen LogP contribution in [0.5, 0.6) is 0 Å². The van der Waals surface area contributed by atoms with Crippen molar-refractivity contribution >= 4 is 11.9 Å². The number of carbonyl (C=O) groups is 2. The molecule has 5 heteroatoms. The topological polar surface area (TPSA) is 69.6 Å². The Balaban J connectivity index is 2.24. The first-order valence-electron chi connectivity index (χ1n) is 4.18. The average molecular weight is 182 g/mol. The fourth-order valence-corrected chi connectivity index (χ4v) is 1.84. The van der Waals surface area contributed by atoms with Crippen molar-refractivity contribution in [3.8, 4) is 0 Å². The molecule has 2 aliphatic heterocycles. The third-order valence-electron chi connectivity index (χ3n) is 2.44. The Morgan fingerprint density at radius 1 is 1.62 bits per heavy atom. The molecule has 0 spiro atoms. The minimum Gasteiger partial charge on any atom is -0.480 e. The van der Waals surface area contributed by atoms with Gasteiger partial charge >= 0.3 is 5.97 Å². The molecule has 2 heterocycles. The van der Waals surface area contributed by atoms with Crippen LogP contribution in [0.15, 0.2) is 12.3 Å². The second-order valence-electron chi connectivity index (χ2n) is 3.19. The minimum atomic E-state index is -0.923. The molecule has 5 nitrogen and oxygen atoms in total. The van der Waals surface area contributed by atoms with Gasteiger partial charge in [-0.1, -0.05) is 0 Å². The summed E-state index contributed by atoms with van der Waals surface area (Å²) in [6.45, 7) is 0. The monoisotopic (exact) mass is 182 g/mol. The molecule has 0 aliphatic carbocycles. The van der Waals surface area contributed by atoms with Gasteiger partial charge in [0, 0.05) is 12.3 Å². The Kier molecular flexibility index (Phi) is 1.72. The number of aliphatic carboxylic acids is 1. The van der Waals surface area contributed by atoms with Gasteiger partial charge in [0.2, 0.25) is 5.91 Å². The van der Waals surface area contributed by atoms with E-state index in [1.807, 2.05) is 0 Å². The van der Waals surface area contributed by atoms with Gasteiger partial charge in [-0.3, -0.25) is 4.79 Å². The van der Waals surface area contributed by atoms with Crippen LogP contribution in [0.4, 0.5) is 0 Å². The molecular formula is C8H10N2O3. The van der Waals surface area contributed by atoms with Gasteiger partial charge < -0.3 is 15.3 Å². The molecule has 1 saturated heterocycles. The highest BCUT2D eigenvalue weighted by molar-refractivity contribution is 5.92. The summed E-state index contributed by atoms with van der Waals surface area (Å²) in [6, 6.07) is -0.657. The summed E-state index contributed by atoms with van der Waals surface area (Å²) >= 11 is 0. The van der Waals surface area contributed by atoms with Crippen LogP contribution in [-0.2, 0) is 9.59 Å². The van der Waals surface area contributed by atoms with E-state index in [1.54, 1.807) is 6.20 Å². The highest BCUT2D eigenvalue weighted by atomic mass is 16.4. The van der Waals surface area contributed by atoms with Gasteiger partial charge in [0.25, 0.3) is 0 Å². The number of hydrogen-bond acceptors (Lipinski definition) is 3. The van der Waals surface area contributed by atoms with E-state index in [2.05, 4.69) is 5.32 Å². The number of carboxylic acid groups (broad SMARTS) is 1. The van der Waals surface area contributed by atoms with Crippen LogP contribution < -0.4 is 5.32 Å². The van der Waals surface area contributed by atoms with Crippen molar-refractivity contribution in [2.45, 2.75) is 25.0 Å². The predicted octanol–water partition coefficient (Wildman–Crippen LogP) is -0.495. The second kappa shape index (κ2) is 2.76. The van der Waals surface area contributed by atoms with Crippen LogP contribution in [0, 0.1) is 0 Å². The van der Waals surface area contributed by atoms with Crippen molar-refractivity contribution in [1.82, 2.24) is 10.2 Å². The number of carbonyl (C=O) groups excluding carboxylic acids is 1. The maximum atomic E-state index is 11.3. The van der Waals surface area contributed by atoms with Crippen molar-refractivity contribution in [2.24, 2.45) is 0 Å². The van der Waals surface area contributed by atoms with Gasteiger partial charge in [0.05, 0.1) is 0 Å². The summed E-state index contributed by atoms with van der Waals surface area (Å²) in [5, 5.41) is 11.8. The van der Waals surface area contributed by atoms with Crippen molar-refractivity contribution in [3.05, 3.63) is 12.3 Å². The van der Waals surface area contributed by atoms with Crippen LogP contribution in [0.3, 0.4) is 0 Å². The molecule has 2 N–H and O–H groups in total. The molecule has 1 amide bonds. The summed E-state index contributed by atoms with van der Waals surface area (Å²) in [5.41, 5.74) is 0. The highest BCUT2D eigenvalue weighted by Gasteiger charge is 2.41. The maximum absolute atomic E-state index is 11.3. The summed E-state index contributed by atoms with van der Waals surface area (Å²) in [6.07, 6.45) is 4.04. The van der Waals surface area contributed by atoms with Crippen LogP contribution in [0.1, 0.15) is 12.8 Å². The Bertz CT molecular complexity index is 287. The second-order valence-corrected chi connectivity index (χ2v) is 3.19. The first-order chi connectivity index (χ1) is 6.20. The van der Waals surface area contributed by atoms with Gasteiger partial charge in [-0.15, -0.1) is 0 Å². The van der Waals surface area contributed by atoms with Crippen molar-refractivity contribution < 1.29 is 14.7 Å². The third-order valence-corrected chi connectivity index (χ3v) is 2.44. The fraction of sp³-hybridized carbons (Fsp3) is 0.500. The van der Waals surface area contributed by atoms with Crippen LogP contribution in [0.2, 0.25) is 0 Å². The number of fused-ring (bicyclic) bond motifs is 1. The van der Waals surface area contributed by atoms with Gasteiger partial charge in [-0.05, 0) is 12.8 Å². The standard InChI is InChI=1S/C8H10N2O3/c11-7-3-4-9-6-2-1-5(8(12)13)10(6)7/h3-6,9H,1-2H2,(H,12,13)/t5-,6?/m0/s1. The molecule has 0 aromatic heterocycles. The molecule has 2 aliphatic rings. The largest absolute Gasteiger partial charge is 0.480 e. The third kappa shape index (κ3) is 1.16. The molecule has 0 aromatic rings. The zero-order valence-electron chi connectivity index (χ0n) is 6.93. The number of hydrogen-bond donors (Lipinski definition) is 2. The smallest absolute Gasteiger partial charge is 0.326 e. The molecule has 1 fully saturated rings. The quantitative estimate of drug-likeness (QED) is 0.574. The highest BCUT2D eigenvalue weighted by Crippen LogP contribution is 2.24. The van der Waals surface area contributed by atoms with Crippen LogP contribution in [-0.4, -0.2) is 34.1 Å². The first kappa shape index (κ1) is 8.10. The summed E-state index contributed by atoms with van der Waals surface area (Å²) < 4.78 is 0. The SMILES string of the molecule is O=C(O)[C@@H]1CCC2NC=CC(=O)N21. The molecule has 0 radical (unpaired) electrons. The summed E-state index contributed by atoms with van der Waals surface area (Å²) in [5.74, 6) is -1.14. The lowest BCUT2D eigenvalue weighted by Gasteiger charge is -2.29. The maximum Gasteiger partial charge on any atom is 0.326 e. The Morgan fingerprint density at radius 2 is 2.38 bits per heavy atom. The zero-order valence-corrected chi connectivity index (χ0v) is 6.93. The Labute approximate surface area is 75.0 Å². The lowest BCUT2D eigenvalue weighted by molar-refractivity contribution is -0.148. The van der Waals surface area contributed by atoms with E-state index in [4.69, 9.17) is 5.11 Å². The van der Waals surface area contributed by atoms with Crippen molar-refractivity contribution in [1.29, 1.82) is 0 Å². The normalized spacial score (nSPS) is 31.4. The Morgan fingerprint density at radius 3 is 3.08 bits per heavy atom. The van der Waals surface area contributed by atoms with E-state index in [-0.39, 0.29) is 12.1 Å². The molecule has 13 heavy (non-hydrogen) atoms. The van der Waals surface area contributed by atoms with E-state index < -0.39 is 12.0 Å². The lowest BCUT2D eigenvalue weighted by Crippen LogP contribution is -2.50. The van der Waals surface area contributed by atoms with E-state index >= 15 is 0 Å². The van der Waals surface area contributed by atoms with E-state index in [1.165, 1.54) is 11.0 Å². The molecule has 2 atom stereocenters. The van der Waals surface area contributed by atoms with Crippen molar-refractivity contribution in [2.75, 3.05) is 0 Å². The van der Waals surface area contributed by atoms with Gasteiger partial charge in [0.15, 0.2) is 0 Å².